The minimum atomic E-state index is -0.628. The lowest BCUT2D eigenvalue weighted by Gasteiger charge is -2.30. The fourth-order valence-corrected chi connectivity index (χ4v) is 5.08. The van der Waals surface area contributed by atoms with Crippen LogP contribution in [0.25, 0.3) is 16.5 Å². The molecule has 1 aliphatic carbocycles. The molecular weight excluding hydrogens is 410 g/mol. The van der Waals surface area contributed by atoms with Gasteiger partial charge in [0.1, 0.15) is 5.76 Å². The van der Waals surface area contributed by atoms with Crippen molar-refractivity contribution in [3.63, 3.8) is 0 Å². The van der Waals surface area contributed by atoms with Gasteiger partial charge in [0.05, 0.1) is 11.6 Å². The van der Waals surface area contributed by atoms with Crippen molar-refractivity contribution in [3.8, 4) is 0 Å². The number of hydrogen-bond donors (Lipinski definition) is 1. The predicted molar refractivity (Wildman–Crippen MR) is 122 cm³/mol. The zero-order valence-corrected chi connectivity index (χ0v) is 17.7. The number of amides is 1. The third-order valence-electron chi connectivity index (χ3n) is 6.43. The van der Waals surface area contributed by atoms with Crippen LogP contribution in [0, 0.1) is 0 Å². The van der Waals surface area contributed by atoms with E-state index in [9.17, 15) is 14.7 Å². The second-order valence-corrected chi connectivity index (χ2v) is 8.66. The summed E-state index contributed by atoms with van der Waals surface area (Å²) >= 11 is 6.09. The molecule has 2 aliphatic rings. The number of fused-ring (bicyclic) bond motifs is 1. The van der Waals surface area contributed by atoms with Crippen LogP contribution in [0.5, 0.6) is 0 Å². The van der Waals surface area contributed by atoms with Gasteiger partial charge >= 0.3 is 0 Å². The van der Waals surface area contributed by atoms with Gasteiger partial charge in [-0.3, -0.25) is 9.59 Å². The van der Waals surface area contributed by atoms with Crippen molar-refractivity contribution in [3.05, 3.63) is 88.5 Å². The molecule has 5 rings (SSSR count). The molecule has 1 N–H and O–H groups in total. The number of rotatable bonds is 3. The van der Waals surface area contributed by atoms with E-state index in [4.69, 9.17) is 11.6 Å². The van der Waals surface area contributed by atoms with Crippen molar-refractivity contribution < 1.29 is 14.7 Å². The van der Waals surface area contributed by atoms with Crippen LogP contribution in [-0.4, -0.2) is 27.7 Å². The van der Waals surface area contributed by atoms with Gasteiger partial charge < -0.3 is 10.0 Å². The Morgan fingerprint density at radius 2 is 1.58 bits per heavy atom. The molecule has 3 aromatic carbocycles. The van der Waals surface area contributed by atoms with Crippen LogP contribution >= 0.6 is 11.6 Å². The highest BCUT2D eigenvalue weighted by atomic mass is 35.5. The van der Waals surface area contributed by atoms with Gasteiger partial charge in [-0.15, -0.1) is 0 Å². The van der Waals surface area contributed by atoms with Gasteiger partial charge in [-0.2, -0.15) is 0 Å². The lowest BCUT2D eigenvalue weighted by Crippen LogP contribution is -2.37. The van der Waals surface area contributed by atoms with Gasteiger partial charge in [0.25, 0.3) is 11.7 Å². The van der Waals surface area contributed by atoms with Crippen LogP contribution < -0.4 is 0 Å². The summed E-state index contributed by atoms with van der Waals surface area (Å²) in [4.78, 5) is 28.1. The topological polar surface area (TPSA) is 57.6 Å². The van der Waals surface area contributed by atoms with Crippen molar-refractivity contribution in [2.45, 2.75) is 37.8 Å². The molecular formula is C26H22ClNO3. The van der Waals surface area contributed by atoms with Crippen LogP contribution in [0.4, 0.5) is 0 Å². The number of ketones is 1. The minimum Gasteiger partial charge on any atom is -0.507 e. The maximum Gasteiger partial charge on any atom is 0.295 e. The Labute approximate surface area is 185 Å². The summed E-state index contributed by atoms with van der Waals surface area (Å²) < 4.78 is 0. The fraction of sp³-hybridized carbons (Fsp3) is 0.231. The molecule has 0 aromatic heterocycles. The van der Waals surface area contributed by atoms with Crippen molar-refractivity contribution in [1.82, 2.24) is 4.90 Å². The van der Waals surface area contributed by atoms with E-state index in [1.165, 1.54) is 0 Å². The highest BCUT2D eigenvalue weighted by Crippen LogP contribution is 2.44. The molecule has 0 bridgehead atoms. The Bertz CT molecular complexity index is 1200. The Morgan fingerprint density at radius 1 is 0.903 bits per heavy atom. The zero-order chi connectivity index (χ0) is 21.5. The third-order valence-corrected chi connectivity index (χ3v) is 6.68. The van der Waals surface area contributed by atoms with Gasteiger partial charge in [0, 0.05) is 16.6 Å². The van der Waals surface area contributed by atoms with Gasteiger partial charge in [-0.05, 0) is 41.3 Å². The first-order chi connectivity index (χ1) is 15.1. The quantitative estimate of drug-likeness (QED) is 0.321. The van der Waals surface area contributed by atoms with Gasteiger partial charge in [-0.25, -0.2) is 0 Å². The number of hydrogen-bond acceptors (Lipinski definition) is 3. The second kappa shape index (κ2) is 7.86. The van der Waals surface area contributed by atoms with Crippen LogP contribution in [0.1, 0.15) is 42.9 Å². The SMILES string of the molecule is O=C1C(=O)N(C2CCCC2)C(c2ccc(Cl)cc2)/C1=C(/O)c1cccc2ccccc12. The highest BCUT2D eigenvalue weighted by molar-refractivity contribution is 6.46. The fourth-order valence-electron chi connectivity index (χ4n) is 4.96. The van der Waals surface area contributed by atoms with E-state index in [1.807, 2.05) is 48.5 Å². The Morgan fingerprint density at radius 3 is 2.32 bits per heavy atom. The average Bonchev–Trinajstić information content (AvgIpc) is 3.40. The smallest absolute Gasteiger partial charge is 0.295 e. The van der Waals surface area contributed by atoms with Crippen molar-refractivity contribution >= 4 is 39.8 Å². The van der Waals surface area contributed by atoms with E-state index in [1.54, 1.807) is 23.1 Å². The normalized spacial score (nSPS) is 21.3. The summed E-state index contributed by atoms with van der Waals surface area (Å²) in [5.74, 6) is -1.29. The van der Waals surface area contributed by atoms with Crippen LogP contribution in [-0.2, 0) is 9.59 Å². The molecule has 3 aromatic rings. The van der Waals surface area contributed by atoms with Crippen molar-refractivity contribution in [1.29, 1.82) is 0 Å². The van der Waals surface area contributed by atoms with Crippen LogP contribution in [0.15, 0.2) is 72.3 Å². The summed E-state index contributed by atoms with van der Waals surface area (Å²) in [6, 6.07) is 19.8. The number of aliphatic hydroxyl groups excluding tert-OH is 1. The lowest BCUT2D eigenvalue weighted by molar-refractivity contribution is -0.141. The predicted octanol–water partition coefficient (Wildman–Crippen LogP) is 5.86. The van der Waals surface area contributed by atoms with Gasteiger partial charge in [0.15, 0.2) is 0 Å². The molecule has 4 nitrogen and oxygen atoms in total. The minimum absolute atomic E-state index is 0.00468. The summed E-state index contributed by atoms with van der Waals surface area (Å²) in [6.45, 7) is 0. The zero-order valence-electron chi connectivity index (χ0n) is 16.9. The molecule has 0 spiro atoms. The van der Waals surface area contributed by atoms with E-state index in [2.05, 4.69) is 0 Å². The maximum absolute atomic E-state index is 13.2. The molecule has 1 saturated carbocycles. The highest BCUT2D eigenvalue weighted by Gasteiger charge is 2.49. The first kappa shape index (κ1) is 19.8. The molecule has 2 fully saturated rings. The van der Waals surface area contributed by atoms with E-state index in [0.29, 0.717) is 10.6 Å². The number of nitrogens with zero attached hydrogens (tertiary/aromatic N) is 1. The Hall–Kier alpha value is -3.11. The second-order valence-electron chi connectivity index (χ2n) is 8.22. The standard InChI is InChI=1S/C26H22ClNO3/c27-18-14-12-17(13-15-18)23-22(25(30)26(31)28(23)19-8-2-3-9-19)24(29)21-11-5-7-16-6-1-4-10-20(16)21/h1,4-7,10-15,19,23,29H,2-3,8-9H2/b24-22-. The van der Waals surface area contributed by atoms with Crippen LogP contribution in [0.3, 0.4) is 0 Å². The molecule has 1 saturated heterocycles. The van der Waals surface area contributed by atoms with E-state index in [-0.39, 0.29) is 17.4 Å². The largest absolute Gasteiger partial charge is 0.507 e. The number of Topliss-reactive ketones (excluding diaryl/α,β-unsaturated/α-hetero) is 1. The van der Waals surface area contributed by atoms with Crippen LogP contribution in [0.2, 0.25) is 5.02 Å². The maximum atomic E-state index is 13.2. The lowest BCUT2D eigenvalue weighted by atomic mass is 9.93. The molecule has 31 heavy (non-hydrogen) atoms. The molecule has 1 atom stereocenters. The summed E-state index contributed by atoms with van der Waals surface area (Å²) in [5, 5.41) is 13.8. The number of carbonyl (C=O) groups is 2. The third kappa shape index (κ3) is 3.31. The average molecular weight is 432 g/mol. The Balaban J connectivity index is 1.73. The number of benzene rings is 3. The number of aliphatic hydroxyl groups is 1. The van der Waals surface area contributed by atoms with Crippen molar-refractivity contribution in [2.24, 2.45) is 0 Å². The van der Waals surface area contributed by atoms with E-state index < -0.39 is 17.7 Å². The van der Waals surface area contributed by atoms with E-state index in [0.717, 1.165) is 42.0 Å². The van der Waals surface area contributed by atoms with Crippen molar-refractivity contribution in [2.75, 3.05) is 0 Å². The summed E-state index contributed by atoms with van der Waals surface area (Å²) in [5.41, 5.74) is 1.48. The van der Waals surface area contributed by atoms with E-state index >= 15 is 0 Å². The monoisotopic (exact) mass is 431 g/mol. The number of likely N-dealkylation sites (tertiary alicyclic amines) is 1. The Kier molecular flexibility index (Phi) is 5.03. The molecule has 1 aliphatic heterocycles. The molecule has 156 valence electrons. The molecule has 0 radical (unpaired) electrons. The number of halogens is 1. The first-order valence-electron chi connectivity index (χ1n) is 10.6. The summed E-state index contributed by atoms with van der Waals surface area (Å²) in [7, 11) is 0. The first-order valence-corrected chi connectivity index (χ1v) is 11.0. The molecule has 1 amide bonds. The number of carbonyl (C=O) groups excluding carboxylic acids is 2. The van der Waals surface area contributed by atoms with Gasteiger partial charge in [0.2, 0.25) is 0 Å². The summed E-state index contributed by atoms with van der Waals surface area (Å²) in [6.07, 6.45) is 3.80. The molecule has 1 unspecified atom stereocenters. The van der Waals surface area contributed by atoms with Gasteiger partial charge in [-0.1, -0.05) is 79.0 Å². The molecule has 1 heterocycles. The molecule has 5 heteroatoms.